The number of aromatic nitrogens is 3. The normalized spacial score (nSPS) is 14.7. The fraction of sp³-hybridized carbons (Fsp3) is 0.250. The smallest absolute Gasteiger partial charge is 0.231 e. The second kappa shape index (κ2) is 8.15. The third-order valence-corrected chi connectivity index (χ3v) is 5.48. The molecule has 1 aromatic heterocycles. The van der Waals surface area contributed by atoms with Crippen molar-refractivity contribution in [2.24, 2.45) is 0 Å². The number of halogens is 1. The zero-order valence-electron chi connectivity index (χ0n) is 14.6. The first-order valence-electron chi connectivity index (χ1n) is 8.84. The van der Waals surface area contributed by atoms with E-state index >= 15 is 0 Å². The second-order valence-corrected chi connectivity index (χ2v) is 7.91. The van der Waals surface area contributed by atoms with E-state index in [4.69, 9.17) is 11.6 Å². The molecule has 1 unspecified atom stereocenters. The van der Waals surface area contributed by atoms with Crippen molar-refractivity contribution >= 4 is 29.3 Å². The van der Waals surface area contributed by atoms with Crippen molar-refractivity contribution in [3.05, 3.63) is 76.6 Å². The third kappa shape index (κ3) is 4.70. The molecule has 27 heavy (non-hydrogen) atoms. The van der Waals surface area contributed by atoms with Crippen molar-refractivity contribution in [1.82, 2.24) is 20.5 Å². The Labute approximate surface area is 166 Å². The molecule has 1 fully saturated rings. The van der Waals surface area contributed by atoms with E-state index in [9.17, 15) is 4.79 Å². The van der Waals surface area contributed by atoms with Crippen LogP contribution in [0.5, 0.6) is 0 Å². The number of carbonyl (C=O) groups excluding carboxylic acids is 1. The Bertz CT molecular complexity index is 926. The third-order valence-electron chi connectivity index (χ3n) is 4.40. The summed E-state index contributed by atoms with van der Waals surface area (Å²) in [7, 11) is 0. The van der Waals surface area contributed by atoms with E-state index in [2.05, 4.69) is 20.5 Å². The molecule has 2 N–H and O–H groups in total. The summed E-state index contributed by atoms with van der Waals surface area (Å²) in [6.07, 6.45) is 2.33. The molecule has 1 aliphatic carbocycles. The van der Waals surface area contributed by atoms with Crippen LogP contribution in [-0.4, -0.2) is 26.8 Å². The molecule has 0 aliphatic heterocycles. The number of nitrogens with one attached hydrogen (secondary N) is 2. The first-order chi connectivity index (χ1) is 13.2. The summed E-state index contributed by atoms with van der Waals surface area (Å²) in [4.78, 5) is 17.0. The predicted molar refractivity (Wildman–Crippen MR) is 107 cm³/mol. The Morgan fingerprint density at radius 2 is 1.96 bits per heavy atom. The van der Waals surface area contributed by atoms with Gasteiger partial charge in [0.05, 0.1) is 11.8 Å². The quantitative estimate of drug-likeness (QED) is 0.581. The predicted octanol–water partition coefficient (Wildman–Crippen LogP) is 4.33. The van der Waals surface area contributed by atoms with Crippen LogP contribution < -0.4 is 5.32 Å². The number of H-pyrrole nitrogens is 1. The maximum Gasteiger partial charge on any atom is 0.231 e. The molecule has 138 valence electrons. The molecule has 2 aromatic carbocycles. The van der Waals surface area contributed by atoms with Gasteiger partial charge in [0.15, 0.2) is 0 Å². The average Bonchev–Trinajstić information content (AvgIpc) is 3.43. The maximum absolute atomic E-state index is 12.6. The van der Waals surface area contributed by atoms with Crippen LogP contribution in [0.1, 0.15) is 41.8 Å². The summed E-state index contributed by atoms with van der Waals surface area (Å²) in [6.45, 7) is 0. The number of amides is 1. The molecular formula is C20H19ClN4OS. The molecule has 7 heteroatoms. The molecule has 5 nitrogen and oxygen atoms in total. The first-order valence-corrected chi connectivity index (χ1v) is 10.2. The summed E-state index contributed by atoms with van der Waals surface area (Å²) >= 11 is 7.49. The van der Waals surface area contributed by atoms with Gasteiger partial charge in [0.25, 0.3) is 0 Å². The van der Waals surface area contributed by atoms with Crippen LogP contribution in [0.25, 0.3) is 0 Å². The number of benzene rings is 2. The van der Waals surface area contributed by atoms with Gasteiger partial charge in [-0.15, -0.1) is 5.10 Å². The fourth-order valence-electron chi connectivity index (χ4n) is 2.89. The maximum atomic E-state index is 12.6. The van der Waals surface area contributed by atoms with Gasteiger partial charge in [-0.25, -0.2) is 4.98 Å². The van der Waals surface area contributed by atoms with Gasteiger partial charge in [-0.1, -0.05) is 65.8 Å². The zero-order chi connectivity index (χ0) is 18.6. The van der Waals surface area contributed by atoms with E-state index in [1.807, 2.05) is 54.6 Å². The lowest BCUT2D eigenvalue weighted by atomic mass is 9.99. The number of hydrogen-bond acceptors (Lipinski definition) is 4. The Morgan fingerprint density at radius 1 is 1.19 bits per heavy atom. The van der Waals surface area contributed by atoms with Crippen LogP contribution in [0.15, 0.2) is 59.8 Å². The average molecular weight is 399 g/mol. The number of nitrogens with zero attached hydrogens (tertiary/aromatic N) is 2. The highest BCUT2D eigenvalue weighted by atomic mass is 35.5. The summed E-state index contributed by atoms with van der Waals surface area (Å²) in [5, 5.41) is 11.5. The van der Waals surface area contributed by atoms with Crippen molar-refractivity contribution < 1.29 is 4.79 Å². The molecule has 4 rings (SSSR count). The van der Waals surface area contributed by atoms with Gasteiger partial charge >= 0.3 is 0 Å². The van der Waals surface area contributed by atoms with Crippen LogP contribution >= 0.6 is 23.4 Å². The van der Waals surface area contributed by atoms with Crippen molar-refractivity contribution in [1.29, 1.82) is 0 Å². The van der Waals surface area contributed by atoms with Crippen molar-refractivity contribution in [2.75, 3.05) is 5.75 Å². The van der Waals surface area contributed by atoms with E-state index in [0.29, 0.717) is 16.1 Å². The van der Waals surface area contributed by atoms with E-state index in [-0.39, 0.29) is 17.7 Å². The number of thioether (sulfide) groups is 1. The summed E-state index contributed by atoms with van der Waals surface area (Å²) in [5.41, 5.74) is 1.95. The minimum Gasteiger partial charge on any atom is -0.344 e. The van der Waals surface area contributed by atoms with Gasteiger partial charge in [0.2, 0.25) is 11.1 Å². The zero-order valence-corrected chi connectivity index (χ0v) is 16.1. The molecule has 0 bridgehead atoms. The highest BCUT2D eigenvalue weighted by Gasteiger charge is 2.27. The molecule has 0 spiro atoms. The molecule has 0 saturated heterocycles. The minimum absolute atomic E-state index is 0.0772. The first kappa shape index (κ1) is 18.1. The van der Waals surface area contributed by atoms with Gasteiger partial charge in [-0.2, -0.15) is 0 Å². The van der Waals surface area contributed by atoms with Crippen LogP contribution in [0.2, 0.25) is 5.02 Å². The van der Waals surface area contributed by atoms with E-state index in [1.54, 1.807) is 0 Å². The Balaban J connectivity index is 1.44. The summed E-state index contributed by atoms with van der Waals surface area (Å²) < 4.78 is 0. The largest absolute Gasteiger partial charge is 0.344 e. The molecule has 0 radical (unpaired) electrons. The van der Waals surface area contributed by atoms with Crippen LogP contribution in [-0.2, 0) is 4.79 Å². The van der Waals surface area contributed by atoms with Gasteiger partial charge in [0.1, 0.15) is 5.82 Å². The van der Waals surface area contributed by atoms with Crippen LogP contribution in [0, 0.1) is 0 Å². The number of rotatable bonds is 7. The number of hydrogen-bond donors (Lipinski definition) is 2. The second-order valence-electron chi connectivity index (χ2n) is 6.53. The molecule has 1 aliphatic rings. The highest BCUT2D eigenvalue weighted by Crippen LogP contribution is 2.38. The molecule has 1 heterocycles. The van der Waals surface area contributed by atoms with E-state index in [0.717, 1.165) is 29.8 Å². The Hall–Kier alpha value is -2.31. The fourth-order valence-corrected chi connectivity index (χ4v) is 3.70. The standard InChI is InChI=1S/C20H19ClN4OS/c21-16-8-4-7-15(11-16)18(13-5-2-1-3-6-13)22-17(26)12-27-20-23-19(24-25-20)14-9-10-14/h1-8,11,14,18H,9-10,12H2,(H,22,26)(H,23,24,25). The van der Waals surface area contributed by atoms with Gasteiger partial charge in [-0.05, 0) is 36.1 Å². The van der Waals surface area contributed by atoms with Gasteiger partial charge < -0.3 is 5.32 Å². The summed E-state index contributed by atoms with van der Waals surface area (Å²) in [6, 6.07) is 17.2. The van der Waals surface area contributed by atoms with E-state index < -0.39 is 0 Å². The Kier molecular flexibility index (Phi) is 5.45. The highest BCUT2D eigenvalue weighted by molar-refractivity contribution is 7.99. The lowest BCUT2D eigenvalue weighted by molar-refractivity contribution is -0.119. The SMILES string of the molecule is O=C(CSc1n[nH]c(C2CC2)n1)NC(c1ccccc1)c1cccc(Cl)c1. The molecule has 1 saturated carbocycles. The van der Waals surface area contributed by atoms with Gasteiger partial charge in [0, 0.05) is 10.9 Å². The van der Waals surface area contributed by atoms with Gasteiger partial charge in [-0.3, -0.25) is 9.89 Å². The lowest BCUT2D eigenvalue weighted by Gasteiger charge is -2.20. The van der Waals surface area contributed by atoms with Crippen molar-refractivity contribution in [3.8, 4) is 0 Å². The Morgan fingerprint density at radius 3 is 2.70 bits per heavy atom. The van der Waals surface area contributed by atoms with E-state index in [1.165, 1.54) is 11.8 Å². The van der Waals surface area contributed by atoms with Crippen LogP contribution in [0.4, 0.5) is 0 Å². The number of carbonyl (C=O) groups is 1. The molecule has 1 atom stereocenters. The molecular weight excluding hydrogens is 380 g/mol. The summed E-state index contributed by atoms with van der Waals surface area (Å²) in [5.74, 6) is 1.63. The van der Waals surface area contributed by atoms with Crippen LogP contribution in [0.3, 0.4) is 0 Å². The van der Waals surface area contributed by atoms with Crippen molar-refractivity contribution in [2.45, 2.75) is 30.0 Å². The topological polar surface area (TPSA) is 70.7 Å². The molecule has 3 aromatic rings. The molecule has 1 amide bonds. The lowest BCUT2D eigenvalue weighted by Crippen LogP contribution is -2.30. The monoisotopic (exact) mass is 398 g/mol. The minimum atomic E-state index is -0.257. The number of aromatic amines is 1. The van der Waals surface area contributed by atoms with Crippen molar-refractivity contribution in [3.63, 3.8) is 0 Å².